The van der Waals surface area contributed by atoms with Crippen molar-refractivity contribution < 1.29 is 9.53 Å². The van der Waals surface area contributed by atoms with Gasteiger partial charge in [0, 0.05) is 18.2 Å². The molecule has 2 rings (SSSR count). The summed E-state index contributed by atoms with van der Waals surface area (Å²) in [6.45, 7) is 4.55. The number of rotatable bonds is 6. The van der Waals surface area contributed by atoms with Crippen LogP contribution in [0.2, 0.25) is 0 Å². The highest BCUT2D eigenvalue weighted by Gasteiger charge is 2.29. The van der Waals surface area contributed by atoms with Crippen molar-refractivity contribution >= 4 is 11.6 Å². The molecule has 0 saturated heterocycles. The van der Waals surface area contributed by atoms with Crippen LogP contribution in [0.4, 0.5) is 5.69 Å². The lowest BCUT2D eigenvalue weighted by Gasteiger charge is -2.13. The van der Waals surface area contributed by atoms with E-state index in [0.717, 1.165) is 29.8 Å². The van der Waals surface area contributed by atoms with Crippen LogP contribution in [0.3, 0.4) is 0 Å². The van der Waals surface area contributed by atoms with Gasteiger partial charge >= 0.3 is 0 Å². The molecule has 0 aliphatic heterocycles. The van der Waals surface area contributed by atoms with Crippen LogP contribution in [-0.2, 0) is 4.79 Å². The van der Waals surface area contributed by atoms with Crippen LogP contribution in [-0.4, -0.2) is 18.6 Å². The molecule has 1 amide bonds. The Balaban J connectivity index is 1.92. The monoisotopic (exact) mass is 262 g/mol. The van der Waals surface area contributed by atoms with Gasteiger partial charge in [-0.1, -0.05) is 0 Å². The average Bonchev–Trinajstić information content (AvgIpc) is 3.17. The van der Waals surface area contributed by atoms with Crippen molar-refractivity contribution in [3.8, 4) is 5.75 Å². The first-order valence-electron chi connectivity index (χ1n) is 6.89. The SMILES string of the molecule is CCOc1ccc(NC(=O)CC(N)C2CC2)c(C)c1. The predicted octanol–water partition coefficient (Wildman–Crippen LogP) is 2.46. The van der Waals surface area contributed by atoms with Crippen LogP contribution >= 0.6 is 0 Å². The summed E-state index contributed by atoms with van der Waals surface area (Å²) in [5.41, 5.74) is 7.78. The third-order valence-corrected chi connectivity index (χ3v) is 3.43. The number of amides is 1. The fraction of sp³-hybridized carbons (Fsp3) is 0.533. The van der Waals surface area contributed by atoms with Crippen molar-refractivity contribution in [1.29, 1.82) is 0 Å². The largest absolute Gasteiger partial charge is 0.494 e. The molecule has 1 atom stereocenters. The summed E-state index contributed by atoms with van der Waals surface area (Å²) in [4.78, 5) is 11.9. The predicted molar refractivity (Wildman–Crippen MR) is 76.3 cm³/mol. The van der Waals surface area contributed by atoms with Crippen molar-refractivity contribution in [3.05, 3.63) is 23.8 Å². The molecular weight excluding hydrogens is 240 g/mol. The summed E-state index contributed by atoms with van der Waals surface area (Å²) >= 11 is 0. The van der Waals surface area contributed by atoms with Crippen LogP contribution < -0.4 is 15.8 Å². The maximum atomic E-state index is 11.9. The van der Waals surface area contributed by atoms with Crippen molar-refractivity contribution in [2.45, 2.75) is 39.2 Å². The first-order valence-corrected chi connectivity index (χ1v) is 6.89. The van der Waals surface area contributed by atoms with Crippen LogP contribution in [0.25, 0.3) is 0 Å². The molecule has 19 heavy (non-hydrogen) atoms. The van der Waals surface area contributed by atoms with Crippen LogP contribution in [0, 0.1) is 12.8 Å². The van der Waals surface area contributed by atoms with Gasteiger partial charge in [-0.05, 0) is 56.4 Å². The Bertz CT molecular complexity index is 455. The second-order valence-corrected chi connectivity index (χ2v) is 5.16. The molecule has 4 heteroatoms. The van der Waals surface area contributed by atoms with Gasteiger partial charge in [-0.25, -0.2) is 0 Å². The van der Waals surface area contributed by atoms with E-state index >= 15 is 0 Å². The van der Waals surface area contributed by atoms with E-state index < -0.39 is 0 Å². The highest BCUT2D eigenvalue weighted by atomic mass is 16.5. The first-order chi connectivity index (χ1) is 9.10. The van der Waals surface area contributed by atoms with E-state index in [1.165, 1.54) is 0 Å². The molecule has 1 saturated carbocycles. The van der Waals surface area contributed by atoms with Gasteiger partial charge in [0.2, 0.25) is 5.91 Å². The third-order valence-electron chi connectivity index (χ3n) is 3.43. The van der Waals surface area contributed by atoms with Gasteiger partial charge in [0.1, 0.15) is 5.75 Å². The van der Waals surface area contributed by atoms with E-state index in [4.69, 9.17) is 10.5 Å². The number of carbonyl (C=O) groups is 1. The van der Waals surface area contributed by atoms with Crippen molar-refractivity contribution in [2.75, 3.05) is 11.9 Å². The van der Waals surface area contributed by atoms with Crippen molar-refractivity contribution in [1.82, 2.24) is 0 Å². The Morgan fingerprint density at radius 1 is 1.53 bits per heavy atom. The zero-order valence-electron chi connectivity index (χ0n) is 11.6. The van der Waals surface area contributed by atoms with Crippen molar-refractivity contribution in [2.24, 2.45) is 11.7 Å². The lowest BCUT2D eigenvalue weighted by Crippen LogP contribution is -2.29. The molecule has 1 aromatic carbocycles. The lowest BCUT2D eigenvalue weighted by molar-refractivity contribution is -0.116. The number of hydrogen-bond acceptors (Lipinski definition) is 3. The number of anilines is 1. The van der Waals surface area contributed by atoms with Gasteiger partial charge in [-0.2, -0.15) is 0 Å². The Morgan fingerprint density at radius 3 is 2.84 bits per heavy atom. The number of carbonyl (C=O) groups excluding carboxylic acids is 1. The normalized spacial score (nSPS) is 15.9. The summed E-state index contributed by atoms with van der Waals surface area (Å²) in [5, 5.41) is 2.92. The van der Waals surface area contributed by atoms with E-state index in [9.17, 15) is 4.79 Å². The second kappa shape index (κ2) is 6.06. The van der Waals surface area contributed by atoms with Crippen molar-refractivity contribution in [3.63, 3.8) is 0 Å². The smallest absolute Gasteiger partial charge is 0.225 e. The summed E-state index contributed by atoms with van der Waals surface area (Å²) < 4.78 is 5.42. The van der Waals surface area contributed by atoms with E-state index in [1.54, 1.807) is 0 Å². The molecule has 0 heterocycles. The van der Waals surface area contributed by atoms with E-state index in [0.29, 0.717) is 18.9 Å². The fourth-order valence-electron chi connectivity index (χ4n) is 2.14. The van der Waals surface area contributed by atoms with Crippen LogP contribution in [0.5, 0.6) is 5.75 Å². The number of hydrogen-bond donors (Lipinski definition) is 2. The molecule has 1 fully saturated rings. The molecular formula is C15H22N2O2. The first kappa shape index (κ1) is 13.9. The Hall–Kier alpha value is -1.55. The minimum absolute atomic E-state index is 0.00278. The minimum Gasteiger partial charge on any atom is -0.494 e. The summed E-state index contributed by atoms with van der Waals surface area (Å²) in [7, 11) is 0. The molecule has 3 N–H and O–H groups in total. The van der Waals surface area contributed by atoms with Crippen LogP contribution in [0.1, 0.15) is 31.7 Å². The molecule has 1 unspecified atom stereocenters. The number of nitrogens with one attached hydrogen (secondary N) is 1. The Labute approximate surface area is 114 Å². The molecule has 0 spiro atoms. The number of benzene rings is 1. The maximum absolute atomic E-state index is 11.9. The molecule has 4 nitrogen and oxygen atoms in total. The van der Waals surface area contributed by atoms with Gasteiger partial charge in [0.15, 0.2) is 0 Å². The quantitative estimate of drug-likeness (QED) is 0.827. The van der Waals surface area contributed by atoms with Crippen LogP contribution in [0.15, 0.2) is 18.2 Å². The molecule has 1 aliphatic carbocycles. The molecule has 0 radical (unpaired) electrons. The molecule has 1 aromatic rings. The molecule has 1 aliphatic rings. The second-order valence-electron chi connectivity index (χ2n) is 5.16. The summed E-state index contributed by atoms with van der Waals surface area (Å²) in [6.07, 6.45) is 2.73. The number of aryl methyl sites for hydroxylation is 1. The maximum Gasteiger partial charge on any atom is 0.225 e. The minimum atomic E-state index is -0.00772. The van der Waals surface area contributed by atoms with E-state index in [-0.39, 0.29) is 11.9 Å². The van der Waals surface area contributed by atoms with Gasteiger partial charge in [0.05, 0.1) is 6.61 Å². The summed E-state index contributed by atoms with van der Waals surface area (Å²) in [6, 6.07) is 5.68. The zero-order valence-corrected chi connectivity index (χ0v) is 11.6. The van der Waals surface area contributed by atoms with Gasteiger partial charge < -0.3 is 15.8 Å². The van der Waals surface area contributed by atoms with E-state index in [1.807, 2.05) is 32.0 Å². The Morgan fingerprint density at radius 2 is 2.26 bits per heavy atom. The highest BCUT2D eigenvalue weighted by molar-refractivity contribution is 5.92. The van der Waals surface area contributed by atoms with Gasteiger partial charge in [0.25, 0.3) is 0 Å². The fourth-order valence-corrected chi connectivity index (χ4v) is 2.14. The van der Waals surface area contributed by atoms with Gasteiger partial charge in [-0.3, -0.25) is 4.79 Å². The van der Waals surface area contributed by atoms with Gasteiger partial charge in [-0.15, -0.1) is 0 Å². The molecule has 0 aromatic heterocycles. The number of nitrogens with two attached hydrogens (primary N) is 1. The molecule has 104 valence electrons. The highest BCUT2D eigenvalue weighted by Crippen LogP contribution is 2.33. The zero-order chi connectivity index (χ0) is 13.8. The summed E-state index contributed by atoms with van der Waals surface area (Å²) in [5.74, 6) is 1.37. The Kier molecular flexibility index (Phi) is 4.43. The molecule has 0 bridgehead atoms. The third kappa shape index (κ3) is 3.96. The average molecular weight is 262 g/mol. The topological polar surface area (TPSA) is 64.3 Å². The van der Waals surface area contributed by atoms with E-state index in [2.05, 4.69) is 5.32 Å². The standard InChI is InChI=1S/C15H22N2O2/c1-3-19-12-6-7-14(10(2)8-12)17-15(18)9-13(16)11-4-5-11/h6-8,11,13H,3-5,9,16H2,1-2H3,(H,17,18). The lowest BCUT2D eigenvalue weighted by atomic mass is 10.1. The number of ether oxygens (including phenoxy) is 1.